The van der Waals surface area contributed by atoms with E-state index in [9.17, 15) is 15.0 Å². The lowest BCUT2D eigenvalue weighted by Crippen LogP contribution is -2.45. The summed E-state index contributed by atoms with van der Waals surface area (Å²) in [5, 5.41) is 27.8. The summed E-state index contributed by atoms with van der Waals surface area (Å²) in [7, 11) is 0. The van der Waals surface area contributed by atoms with E-state index in [4.69, 9.17) is 9.84 Å². The quantitative estimate of drug-likeness (QED) is 0.723. The molecule has 2 unspecified atom stereocenters. The van der Waals surface area contributed by atoms with E-state index in [0.29, 0.717) is 12.2 Å². The molecule has 0 aromatic heterocycles. The Morgan fingerprint density at radius 2 is 2.17 bits per heavy atom. The van der Waals surface area contributed by atoms with Gasteiger partial charge in [-0.25, -0.2) is 0 Å². The fourth-order valence-corrected chi connectivity index (χ4v) is 2.29. The van der Waals surface area contributed by atoms with E-state index in [-0.39, 0.29) is 13.0 Å². The monoisotopic (exact) mass is 252 g/mol. The SMILES string of the molecule is O=C(O)C1(CC(O)CO)COc2ccccc2C1. The van der Waals surface area contributed by atoms with Crippen LogP contribution in [0.3, 0.4) is 0 Å². The van der Waals surface area contributed by atoms with Crippen LogP contribution in [-0.2, 0) is 11.2 Å². The number of ether oxygens (including phenoxy) is 1. The van der Waals surface area contributed by atoms with Crippen LogP contribution in [0.25, 0.3) is 0 Å². The molecular weight excluding hydrogens is 236 g/mol. The van der Waals surface area contributed by atoms with Crippen LogP contribution in [0, 0.1) is 5.41 Å². The number of benzene rings is 1. The third-order valence-electron chi connectivity index (χ3n) is 3.30. The van der Waals surface area contributed by atoms with Crippen molar-refractivity contribution < 1.29 is 24.9 Å². The second kappa shape index (κ2) is 4.96. The summed E-state index contributed by atoms with van der Waals surface area (Å²) in [6, 6.07) is 7.26. The van der Waals surface area contributed by atoms with Gasteiger partial charge in [0, 0.05) is 0 Å². The molecule has 0 radical (unpaired) electrons. The van der Waals surface area contributed by atoms with Gasteiger partial charge in [0.2, 0.25) is 0 Å². The van der Waals surface area contributed by atoms with Crippen LogP contribution in [0.5, 0.6) is 5.75 Å². The maximum Gasteiger partial charge on any atom is 0.313 e. The molecule has 0 fully saturated rings. The third-order valence-corrected chi connectivity index (χ3v) is 3.30. The van der Waals surface area contributed by atoms with Gasteiger partial charge in [0.1, 0.15) is 17.8 Å². The Labute approximate surface area is 105 Å². The van der Waals surface area contributed by atoms with Crippen molar-refractivity contribution in [1.29, 1.82) is 0 Å². The normalized spacial score (nSPS) is 23.9. The molecule has 1 aliphatic heterocycles. The minimum Gasteiger partial charge on any atom is -0.492 e. The first-order valence-electron chi connectivity index (χ1n) is 5.80. The number of carboxylic acids is 1. The number of para-hydroxylation sites is 1. The topological polar surface area (TPSA) is 87.0 Å². The van der Waals surface area contributed by atoms with Crippen LogP contribution in [0.15, 0.2) is 24.3 Å². The largest absolute Gasteiger partial charge is 0.492 e. The van der Waals surface area contributed by atoms with Crippen LogP contribution >= 0.6 is 0 Å². The molecule has 0 bridgehead atoms. The van der Waals surface area contributed by atoms with E-state index in [1.807, 2.05) is 18.2 Å². The number of hydrogen-bond acceptors (Lipinski definition) is 4. The summed E-state index contributed by atoms with van der Waals surface area (Å²) < 4.78 is 5.47. The number of aliphatic hydroxyl groups is 2. The van der Waals surface area contributed by atoms with Gasteiger partial charge < -0.3 is 20.1 Å². The number of hydrogen-bond donors (Lipinski definition) is 3. The van der Waals surface area contributed by atoms with Crippen molar-refractivity contribution in [3.05, 3.63) is 29.8 Å². The molecule has 0 amide bonds. The zero-order valence-corrected chi connectivity index (χ0v) is 9.87. The molecular formula is C13H16O5. The van der Waals surface area contributed by atoms with Crippen LogP contribution in [0.4, 0.5) is 0 Å². The molecule has 2 atom stereocenters. The molecule has 1 aromatic carbocycles. The number of fused-ring (bicyclic) bond motifs is 1. The average molecular weight is 252 g/mol. The van der Waals surface area contributed by atoms with Gasteiger partial charge >= 0.3 is 5.97 Å². The van der Waals surface area contributed by atoms with E-state index >= 15 is 0 Å². The molecule has 5 nitrogen and oxygen atoms in total. The predicted octanol–water partition coefficient (Wildman–Crippen LogP) is 0.436. The summed E-state index contributed by atoms with van der Waals surface area (Å²) in [6.07, 6.45) is -0.766. The fourth-order valence-electron chi connectivity index (χ4n) is 2.29. The zero-order valence-electron chi connectivity index (χ0n) is 9.87. The lowest BCUT2D eigenvalue weighted by Gasteiger charge is -2.35. The van der Waals surface area contributed by atoms with Crippen molar-refractivity contribution >= 4 is 5.97 Å². The van der Waals surface area contributed by atoms with E-state index < -0.39 is 24.1 Å². The molecule has 98 valence electrons. The van der Waals surface area contributed by atoms with Crippen molar-refractivity contribution in [2.75, 3.05) is 13.2 Å². The summed E-state index contributed by atoms with van der Waals surface area (Å²) in [4.78, 5) is 11.5. The third kappa shape index (κ3) is 2.32. The van der Waals surface area contributed by atoms with E-state index in [1.165, 1.54) is 0 Å². The Kier molecular flexibility index (Phi) is 3.54. The number of aliphatic hydroxyl groups excluding tert-OH is 2. The Hall–Kier alpha value is -1.59. The van der Waals surface area contributed by atoms with E-state index in [2.05, 4.69) is 0 Å². The van der Waals surface area contributed by atoms with Crippen molar-refractivity contribution in [2.24, 2.45) is 5.41 Å². The standard InChI is InChI=1S/C13H16O5/c14-7-10(15)6-13(12(16)17)5-9-3-1-2-4-11(9)18-8-13/h1-4,10,14-15H,5-8H2,(H,16,17). The first kappa shape index (κ1) is 12.9. The molecule has 2 rings (SSSR count). The maximum absolute atomic E-state index is 11.5. The molecule has 3 N–H and O–H groups in total. The van der Waals surface area contributed by atoms with Crippen LogP contribution in [0.1, 0.15) is 12.0 Å². The first-order valence-corrected chi connectivity index (χ1v) is 5.80. The highest BCUT2D eigenvalue weighted by Crippen LogP contribution is 2.37. The van der Waals surface area contributed by atoms with E-state index in [1.54, 1.807) is 6.07 Å². The van der Waals surface area contributed by atoms with Gasteiger partial charge in [-0.15, -0.1) is 0 Å². The Morgan fingerprint density at radius 3 is 2.83 bits per heavy atom. The Balaban J connectivity index is 2.27. The predicted molar refractivity (Wildman–Crippen MR) is 63.4 cm³/mol. The van der Waals surface area contributed by atoms with Gasteiger partial charge in [0.15, 0.2) is 0 Å². The van der Waals surface area contributed by atoms with Gasteiger partial charge in [-0.2, -0.15) is 0 Å². The summed E-state index contributed by atoms with van der Waals surface area (Å²) in [5.41, 5.74) is -0.354. The van der Waals surface area contributed by atoms with Gasteiger partial charge in [-0.3, -0.25) is 4.79 Å². The number of carbonyl (C=O) groups is 1. The van der Waals surface area contributed by atoms with Gasteiger partial charge in [0.25, 0.3) is 0 Å². The van der Waals surface area contributed by atoms with Gasteiger partial charge in [0.05, 0.1) is 12.7 Å². The molecule has 0 aliphatic carbocycles. The highest BCUT2D eigenvalue weighted by molar-refractivity contribution is 5.76. The van der Waals surface area contributed by atoms with Crippen LogP contribution in [-0.4, -0.2) is 40.6 Å². The van der Waals surface area contributed by atoms with E-state index in [0.717, 1.165) is 5.56 Å². The number of carboxylic acid groups (broad SMARTS) is 1. The molecule has 0 saturated heterocycles. The average Bonchev–Trinajstić information content (AvgIpc) is 2.38. The van der Waals surface area contributed by atoms with Gasteiger partial charge in [-0.05, 0) is 24.5 Å². The second-order valence-electron chi connectivity index (χ2n) is 4.70. The van der Waals surface area contributed by atoms with Crippen molar-refractivity contribution in [3.63, 3.8) is 0 Å². The lowest BCUT2D eigenvalue weighted by molar-refractivity contribution is -0.154. The Bertz CT molecular complexity index is 445. The number of rotatable bonds is 4. The highest BCUT2D eigenvalue weighted by Gasteiger charge is 2.44. The summed E-state index contributed by atoms with van der Waals surface area (Å²) >= 11 is 0. The fraction of sp³-hybridized carbons (Fsp3) is 0.462. The minimum atomic E-state index is -1.17. The minimum absolute atomic E-state index is 0.0103. The summed E-state index contributed by atoms with van der Waals surface area (Å²) in [6.45, 7) is -0.437. The van der Waals surface area contributed by atoms with Crippen LogP contribution in [0.2, 0.25) is 0 Å². The van der Waals surface area contributed by atoms with Gasteiger partial charge in [-0.1, -0.05) is 18.2 Å². The van der Waals surface area contributed by atoms with Crippen LogP contribution < -0.4 is 4.74 Å². The maximum atomic E-state index is 11.5. The summed E-state index contributed by atoms with van der Waals surface area (Å²) in [5.74, 6) is -0.322. The zero-order chi connectivity index (χ0) is 13.2. The molecule has 0 saturated carbocycles. The second-order valence-corrected chi connectivity index (χ2v) is 4.70. The molecule has 1 aromatic rings. The molecule has 5 heteroatoms. The lowest BCUT2D eigenvalue weighted by atomic mass is 9.76. The number of aliphatic carboxylic acids is 1. The Morgan fingerprint density at radius 1 is 1.44 bits per heavy atom. The van der Waals surface area contributed by atoms with Crippen molar-refractivity contribution in [3.8, 4) is 5.75 Å². The molecule has 0 spiro atoms. The van der Waals surface area contributed by atoms with Crippen molar-refractivity contribution in [2.45, 2.75) is 18.9 Å². The first-order chi connectivity index (χ1) is 8.57. The molecule has 1 heterocycles. The molecule has 1 aliphatic rings. The highest BCUT2D eigenvalue weighted by atomic mass is 16.5. The molecule has 18 heavy (non-hydrogen) atoms. The smallest absolute Gasteiger partial charge is 0.313 e. The van der Waals surface area contributed by atoms with Crippen molar-refractivity contribution in [1.82, 2.24) is 0 Å².